The Bertz CT molecular complexity index is 1000. The zero-order valence-electron chi connectivity index (χ0n) is 12.4. The third-order valence-corrected chi connectivity index (χ3v) is 4.49. The summed E-state index contributed by atoms with van der Waals surface area (Å²) in [6, 6.07) is 18.2. The van der Waals surface area contributed by atoms with Crippen molar-refractivity contribution >= 4 is 51.8 Å². The number of esters is 1. The molecule has 24 heavy (non-hydrogen) atoms. The van der Waals surface area contributed by atoms with Crippen molar-refractivity contribution < 1.29 is 9.53 Å². The predicted octanol–water partition coefficient (Wildman–Crippen LogP) is 2.18. The molecule has 2 aromatic rings. The van der Waals surface area contributed by atoms with E-state index in [1.807, 2.05) is 30.3 Å². The van der Waals surface area contributed by atoms with E-state index in [4.69, 9.17) is 29.2 Å². The van der Waals surface area contributed by atoms with Gasteiger partial charge in [-0.1, -0.05) is 79.0 Å². The summed E-state index contributed by atoms with van der Waals surface area (Å²) in [6.07, 6.45) is 0.767. The Morgan fingerprint density at radius 3 is 2.42 bits per heavy atom. The molecule has 0 saturated carbocycles. The maximum Gasteiger partial charge on any atom is 0.341 e. The molecule has 1 atom stereocenters. The van der Waals surface area contributed by atoms with Crippen LogP contribution in [0.15, 0.2) is 54.6 Å². The molecule has 0 aromatic heterocycles. The van der Waals surface area contributed by atoms with Gasteiger partial charge in [0.15, 0.2) is 0 Å². The average Bonchev–Trinajstić information content (AvgIpc) is 2.61. The topological polar surface area (TPSA) is 50.1 Å². The number of benzene rings is 2. The van der Waals surface area contributed by atoms with Gasteiger partial charge in [0.1, 0.15) is 6.07 Å². The van der Waals surface area contributed by atoms with Crippen LogP contribution in [0, 0.1) is 11.3 Å². The summed E-state index contributed by atoms with van der Waals surface area (Å²) >= 11 is 10.6. The molecule has 0 spiro atoms. The second-order valence-corrected chi connectivity index (χ2v) is 5.97. The Morgan fingerprint density at radius 2 is 1.71 bits per heavy atom. The maximum atomic E-state index is 12.7. The highest BCUT2D eigenvalue weighted by molar-refractivity contribution is 7.91. The maximum absolute atomic E-state index is 12.7. The summed E-state index contributed by atoms with van der Waals surface area (Å²) in [4.78, 5) is 13.4. The first-order chi connectivity index (χ1) is 11.6. The minimum Gasteiger partial charge on any atom is -0.438 e. The molecule has 0 aliphatic heterocycles. The van der Waals surface area contributed by atoms with Crippen LogP contribution in [-0.4, -0.2) is 15.7 Å². The summed E-state index contributed by atoms with van der Waals surface area (Å²) in [6.45, 7) is 0. The molecule has 1 aliphatic carbocycles. The second kappa shape index (κ2) is 6.83. The molecule has 0 heterocycles. The van der Waals surface area contributed by atoms with E-state index >= 15 is 0 Å². The summed E-state index contributed by atoms with van der Waals surface area (Å²) < 4.78 is 5.40. The van der Waals surface area contributed by atoms with E-state index in [0.29, 0.717) is 15.6 Å². The van der Waals surface area contributed by atoms with Gasteiger partial charge in [-0.2, -0.15) is 5.26 Å². The highest BCUT2D eigenvalue weighted by atomic mass is 32.1. The number of carbonyl (C=O) groups is 1. The molecule has 1 unspecified atom stereocenters. The van der Waals surface area contributed by atoms with Crippen LogP contribution in [0.1, 0.15) is 11.7 Å². The van der Waals surface area contributed by atoms with Gasteiger partial charge in [-0.25, -0.2) is 4.79 Å². The number of hydrogen-bond acceptors (Lipinski definition) is 5. The number of nitrogens with zero attached hydrogens (tertiary/aromatic N) is 1. The van der Waals surface area contributed by atoms with E-state index in [9.17, 15) is 10.1 Å². The Kier molecular flexibility index (Phi) is 4.61. The van der Waals surface area contributed by atoms with Crippen LogP contribution >= 0.6 is 24.4 Å². The van der Waals surface area contributed by atoms with Crippen molar-refractivity contribution in [3.05, 3.63) is 70.6 Å². The van der Waals surface area contributed by atoms with E-state index in [2.05, 4.69) is 0 Å². The van der Waals surface area contributed by atoms with E-state index in [0.717, 1.165) is 5.22 Å². The lowest BCUT2D eigenvalue weighted by Gasteiger charge is -2.15. The Morgan fingerprint density at radius 1 is 1.04 bits per heavy atom. The number of nitriles is 1. The molecule has 5 heteroatoms. The number of ether oxygens (including phenoxy) is 1. The molecule has 3 nitrogen and oxygen atoms in total. The van der Waals surface area contributed by atoms with Crippen molar-refractivity contribution in [3.63, 3.8) is 0 Å². The molecular weight excluding hydrogens is 338 g/mol. The fraction of sp³-hybridized carbons (Fsp3) is 0.0526. The van der Waals surface area contributed by atoms with Gasteiger partial charge in [0.2, 0.25) is 6.10 Å². The molecule has 0 fully saturated rings. The lowest BCUT2D eigenvalue weighted by Crippen LogP contribution is -2.39. The highest BCUT2D eigenvalue weighted by Crippen LogP contribution is 2.19. The van der Waals surface area contributed by atoms with Crippen LogP contribution in [0.5, 0.6) is 0 Å². The summed E-state index contributed by atoms with van der Waals surface area (Å²) in [5.41, 5.74) is 0.849. The van der Waals surface area contributed by atoms with Crippen molar-refractivity contribution in [2.24, 2.45) is 0 Å². The van der Waals surface area contributed by atoms with Crippen LogP contribution in [0.2, 0.25) is 0 Å². The van der Waals surface area contributed by atoms with Crippen LogP contribution < -0.4 is 10.4 Å². The standard InChI is InChI=1S/C19H11NO2S2/c20-11-15(12-6-2-1-3-7-12)22-19(21)17-14-9-5-4-8-13(14)10-16(23)18(17)24/h1-10,15H. The van der Waals surface area contributed by atoms with Crippen LogP contribution in [0.3, 0.4) is 0 Å². The summed E-state index contributed by atoms with van der Waals surface area (Å²) in [5, 5.41) is 10.8. The van der Waals surface area contributed by atoms with Crippen molar-refractivity contribution in [1.82, 2.24) is 0 Å². The summed E-state index contributed by atoms with van der Waals surface area (Å²) in [7, 11) is 0. The van der Waals surface area contributed by atoms with Crippen molar-refractivity contribution in [2.75, 3.05) is 0 Å². The van der Waals surface area contributed by atoms with Gasteiger partial charge in [0.05, 0.1) is 15.3 Å². The third-order valence-electron chi connectivity index (χ3n) is 3.62. The molecule has 0 radical (unpaired) electrons. The second-order valence-electron chi connectivity index (χ2n) is 5.13. The van der Waals surface area contributed by atoms with Gasteiger partial charge in [-0.15, -0.1) is 0 Å². The smallest absolute Gasteiger partial charge is 0.341 e. The van der Waals surface area contributed by atoms with Gasteiger partial charge in [0, 0.05) is 5.56 Å². The van der Waals surface area contributed by atoms with Gasteiger partial charge in [-0.3, -0.25) is 0 Å². The third kappa shape index (κ3) is 3.02. The van der Waals surface area contributed by atoms with Crippen molar-refractivity contribution in [1.29, 1.82) is 5.26 Å². The monoisotopic (exact) mass is 349 g/mol. The Labute approximate surface area is 149 Å². The number of carbonyl (C=O) groups excluding carboxylic acids is 1. The highest BCUT2D eigenvalue weighted by Gasteiger charge is 2.25. The van der Waals surface area contributed by atoms with E-state index in [-0.39, 0.29) is 10.4 Å². The largest absolute Gasteiger partial charge is 0.438 e. The zero-order chi connectivity index (χ0) is 17.1. The number of thiocarbonyl (C=S) groups is 2. The minimum absolute atomic E-state index is 0.240. The number of fused-ring (bicyclic) bond motifs is 1. The lowest BCUT2D eigenvalue weighted by molar-refractivity contribution is -0.139. The summed E-state index contributed by atoms with van der Waals surface area (Å²) in [5.74, 6) is -0.640. The predicted molar refractivity (Wildman–Crippen MR) is 99.6 cm³/mol. The van der Waals surface area contributed by atoms with Gasteiger partial charge in [0.25, 0.3) is 0 Å². The lowest BCUT2D eigenvalue weighted by atomic mass is 9.99. The first kappa shape index (κ1) is 16.2. The molecule has 3 rings (SSSR count). The molecule has 0 N–H and O–H groups in total. The molecule has 0 saturated heterocycles. The average molecular weight is 349 g/mol. The van der Waals surface area contributed by atoms with Gasteiger partial charge < -0.3 is 4.74 Å². The minimum atomic E-state index is -0.999. The fourth-order valence-electron chi connectivity index (χ4n) is 2.47. The Balaban J connectivity index is 2.04. The van der Waals surface area contributed by atoms with Crippen molar-refractivity contribution in [3.8, 4) is 6.07 Å². The van der Waals surface area contributed by atoms with E-state index in [1.54, 1.807) is 36.4 Å². The van der Waals surface area contributed by atoms with Crippen molar-refractivity contribution in [2.45, 2.75) is 6.10 Å². The Hall–Kier alpha value is -2.68. The first-order valence-electron chi connectivity index (χ1n) is 7.17. The van der Waals surface area contributed by atoms with Crippen LogP contribution in [0.4, 0.5) is 0 Å². The fourth-order valence-corrected chi connectivity index (χ4v) is 2.95. The van der Waals surface area contributed by atoms with Gasteiger partial charge in [-0.05, 0) is 16.5 Å². The molecule has 2 aromatic carbocycles. The number of rotatable bonds is 3. The van der Waals surface area contributed by atoms with E-state index in [1.165, 1.54) is 0 Å². The first-order valence-corrected chi connectivity index (χ1v) is 7.99. The van der Waals surface area contributed by atoms with Crippen LogP contribution in [-0.2, 0) is 9.53 Å². The quantitative estimate of drug-likeness (QED) is 0.628. The molecule has 116 valence electrons. The number of hydrogen-bond donors (Lipinski definition) is 0. The normalized spacial score (nSPS) is 14.2. The van der Waals surface area contributed by atoms with Gasteiger partial charge >= 0.3 is 5.97 Å². The SMILES string of the molecule is N#CC(OC(=O)C1=c2ccccc2=CC(=S)C1=S)c1ccccc1. The van der Waals surface area contributed by atoms with E-state index < -0.39 is 12.1 Å². The molecule has 0 bridgehead atoms. The van der Waals surface area contributed by atoms with Crippen LogP contribution in [0.25, 0.3) is 11.6 Å². The molecule has 0 amide bonds. The molecular formula is C19H11NO2S2. The molecule has 1 aliphatic rings. The zero-order valence-corrected chi connectivity index (χ0v) is 14.1.